The lowest BCUT2D eigenvalue weighted by atomic mass is 10.1. The molecule has 7 heteroatoms. The third-order valence-corrected chi connectivity index (χ3v) is 4.85. The van der Waals surface area contributed by atoms with Crippen LogP contribution in [0.4, 0.5) is 5.69 Å². The molecule has 124 valence electrons. The third-order valence-electron chi connectivity index (χ3n) is 4.08. The van der Waals surface area contributed by atoms with Gasteiger partial charge in [0.05, 0.1) is 11.2 Å². The van der Waals surface area contributed by atoms with Crippen molar-refractivity contribution in [3.8, 4) is 0 Å². The number of nitrogens with one attached hydrogen (secondary N) is 2. The van der Waals surface area contributed by atoms with Gasteiger partial charge in [0.25, 0.3) is 11.5 Å². The summed E-state index contributed by atoms with van der Waals surface area (Å²) in [6, 6.07) is 5.51. The Kier molecular flexibility index (Phi) is 4.44. The van der Waals surface area contributed by atoms with Crippen LogP contribution < -0.4 is 10.9 Å². The fraction of sp³-hybridized carbons (Fsp3) is 0.294. The molecular weight excluding hydrogens is 324 g/mol. The number of aryl methyl sites for hydroxylation is 2. The van der Waals surface area contributed by atoms with Crippen molar-refractivity contribution in [1.82, 2.24) is 14.6 Å². The largest absolute Gasteiger partial charge is 0.322 e. The number of aromatic nitrogens is 3. The number of hydrogen-bond donors (Lipinski definition) is 2. The predicted molar refractivity (Wildman–Crippen MR) is 95.9 cm³/mol. The van der Waals surface area contributed by atoms with E-state index in [9.17, 15) is 9.59 Å². The van der Waals surface area contributed by atoms with Gasteiger partial charge in [-0.15, -0.1) is 5.10 Å². The number of pyridine rings is 1. The van der Waals surface area contributed by atoms with Gasteiger partial charge in [-0.3, -0.25) is 9.59 Å². The first kappa shape index (κ1) is 16.3. The molecule has 0 unspecified atom stereocenters. The van der Waals surface area contributed by atoms with Crippen molar-refractivity contribution in [2.45, 2.75) is 33.6 Å². The molecular formula is C17H18N4O2S. The molecule has 1 aromatic carbocycles. The van der Waals surface area contributed by atoms with Gasteiger partial charge in [-0.25, -0.2) is 0 Å². The first-order valence-electron chi connectivity index (χ1n) is 7.77. The molecule has 2 heterocycles. The van der Waals surface area contributed by atoms with Gasteiger partial charge in [0.15, 0.2) is 0 Å². The summed E-state index contributed by atoms with van der Waals surface area (Å²) in [5.74, 6) is -0.223. The lowest BCUT2D eigenvalue weighted by Gasteiger charge is -2.09. The molecule has 3 aromatic rings. The molecule has 0 aliphatic rings. The van der Waals surface area contributed by atoms with E-state index in [0.29, 0.717) is 21.6 Å². The fourth-order valence-corrected chi connectivity index (χ4v) is 3.21. The summed E-state index contributed by atoms with van der Waals surface area (Å²) in [7, 11) is 0. The van der Waals surface area contributed by atoms with Crippen molar-refractivity contribution in [1.29, 1.82) is 0 Å². The van der Waals surface area contributed by atoms with Crippen LogP contribution in [0.25, 0.3) is 10.9 Å². The van der Waals surface area contributed by atoms with Crippen LogP contribution in [0.5, 0.6) is 0 Å². The van der Waals surface area contributed by atoms with Crippen LogP contribution in [0.15, 0.2) is 23.0 Å². The van der Waals surface area contributed by atoms with E-state index in [0.717, 1.165) is 41.0 Å². The first-order valence-corrected chi connectivity index (χ1v) is 8.54. The number of amides is 1. The van der Waals surface area contributed by atoms with Crippen LogP contribution in [-0.4, -0.2) is 20.5 Å². The van der Waals surface area contributed by atoms with Crippen LogP contribution in [0.1, 0.15) is 39.8 Å². The van der Waals surface area contributed by atoms with Crippen molar-refractivity contribution >= 4 is 34.0 Å². The van der Waals surface area contributed by atoms with Crippen LogP contribution >= 0.6 is 11.5 Å². The molecule has 0 atom stereocenters. The molecule has 0 saturated carbocycles. The molecule has 0 fully saturated rings. The van der Waals surface area contributed by atoms with Crippen molar-refractivity contribution < 1.29 is 4.79 Å². The van der Waals surface area contributed by atoms with Crippen molar-refractivity contribution in [3.63, 3.8) is 0 Å². The van der Waals surface area contributed by atoms with Gasteiger partial charge in [-0.2, -0.15) is 0 Å². The third kappa shape index (κ3) is 2.94. The number of anilines is 1. The Morgan fingerprint density at radius 1 is 1.29 bits per heavy atom. The van der Waals surface area contributed by atoms with E-state index in [1.807, 2.05) is 26.0 Å². The topological polar surface area (TPSA) is 87.7 Å². The quantitative estimate of drug-likeness (QED) is 0.762. The highest BCUT2D eigenvalue weighted by atomic mass is 32.1. The van der Waals surface area contributed by atoms with Crippen LogP contribution in [0.2, 0.25) is 0 Å². The maximum absolute atomic E-state index is 12.4. The number of rotatable bonds is 4. The lowest BCUT2D eigenvalue weighted by molar-refractivity contribution is 0.102. The fourth-order valence-electron chi connectivity index (χ4n) is 2.61. The normalized spacial score (nSPS) is 11.0. The van der Waals surface area contributed by atoms with Crippen LogP contribution in [-0.2, 0) is 6.42 Å². The molecule has 0 radical (unpaired) electrons. The number of benzene rings is 1. The van der Waals surface area contributed by atoms with E-state index in [4.69, 9.17) is 0 Å². The first-order chi connectivity index (χ1) is 11.5. The van der Waals surface area contributed by atoms with Gasteiger partial charge < -0.3 is 10.3 Å². The highest BCUT2D eigenvalue weighted by molar-refractivity contribution is 7.08. The number of H-pyrrole nitrogens is 1. The smallest absolute Gasteiger partial charge is 0.269 e. The van der Waals surface area contributed by atoms with Gasteiger partial charge >= 0.3 is 0 Å². The molecule has 1 amide bonds. The van der Waals surface area contributed by atoms with E-state index < -0.39 is 0 Å². The van der Waals surface area contributed by atoms with Gasteiger partial charge in [-0.05, 0) is 49.5 Å². The Labute approximate surface area is 143 Å². The zero-order valence-corrected chi connectivity index (χ0v) is 14.6. The zero-order chi connectivity index (χ0) is 17.3. The molecule has 0 aliphatic carbocycles. The number of aromatic amines is 1. The maximum Gasteiger partial charge on any atom is 0.269 e. The Hall–Kier alpha value is -2.54. The minimum Gasteiger partial charge on any atom is -0.322 e. The van der Waals surface area contributed by atoms with Crippen LogP contribution in [0, 0.1) is 13.8 Å². The number of carbonyl (C=O) groups is 1. The van der Waals surface area contributed by atoms with E-state index in [1.54, 1.807) is 13.0 Å². The summed E-state index contributed by atoms with van der Waals surface area (Å²) in [6.07, 6.45) is 1.63. The van der Waals surface area contributed by atoms with Crippen molar-refractivity contribution in [2.24, 2.45) is 0 Å². The molecule has 0 saturated heterocycles. The van der Waals surface area contributed by atoms with E-state index in [2.05, 4.69) is 19.9 Å². The average molecular weight is 342 g/mol. The predicted octanol–water partition coefficient (Wildman–Crippen LogP) is 3.20. The number of nitrogens with zero attached hydrogens (tertiary/aromatic N) is 2. The Bertz CT molecular complexity index is 974. The Morgan fingerprint density at radius 3 is 2.83 bits per heavy atom. The molecule has 0 spiro atoms. The van der Waals surface area contributed by atoms with E-state index in [-0.39, 0.29) is 11.5 Å². The molecule has 2 aromatic heterocycles. The summed E-state index contributed by atoms with van der Waals surface area (Å²) < 4.78 is 3.87. The minimum absolute atomic E-state index is 0.111. The Morgan fingerprint density at radius 2 is 2.08 bits per heavy atom. The average Bonchev–Trinajstić information content (AvgIpc) is 3.01. The second-order valence-corrected chi connectivity index (χ2v) is 6.47. The highest BCUT2D eigenvalue weighted by Crippen LogP contribution is 2.22. The molecule has 6 nitrogen and oxygen atoms in total. The minimum atomic E-state index is -0.223. The van der Waals surface area contributed by atoms with Crippen molar-refractivity contribution in [2.75, 3.05) is 5.32 Å². The summed E-state index contributed by atoms with van der Waals surface area (Å²) in [6.45, 7) is 5.76. The summed E-state index contributed by atoms with van der Waals surface area (Å²) in [5.41, 5.74) is 3.60. The van der Waals surface area contributed by atoms with Crippen LogP contribution in [0.3, 0.4) is 0 Å². The highest BCUT2D eigenvalue weighted by Gasteiger charge is 2.16. The number of carbonyl (C=O) groups excluding carboxylic acids is 1. The number of fused-ring (bicyclic) bond motifs is 1. The molecule has 0 bridgehead atoms. The van der Waals surface area contributed by atoms with E-state index >= 15 is 0 Å². The standard InChI is InChI=1S/C17H18N4O2S/c1-4-5-13-15(24-21-20-13)17(23)18-11-6-7-12-9(2)10(3)16(22)19-14(12)8-11/h6-8H,4-5H2,1-3H3,(H,18,23)(H,19,22). The SMILES string of the molecule is CCCc1nnsc1C(=O)Nc1ccc2c(C)c(C)c(=O)[nH]c2c1. The van der Waals surface area contributed by atoms with Gasteiger partial charge in [0.1, 0.15) is 4.88 Å². The summed E-state index contributed by atoms with van der Waals surface area (Å²) in [4.78, 5) is 27.8. The second kappa shape index (κ2) is 6.52. The lowest BCUT2D eigenvalue weighted by Crippen LogP contribution is -2.14. The van der Waals surface area contributed by atoms with Gasteiger partial charge in [0.2, 0.25) is 0 Å². The summed E-state index contributed by atoms with van der Waals surface area (Å²) >= 11 is 1.10. The molecule has 24 heavy (non-hydrogen) atoms. The molecule has 2 N–H and O–H groups in total. The molecule has 3 rings (SSSR count). The van der Waals surface area contributed by atoms with Gasteiger partial charge in [0, 0.05) is 16.6 Å². The van der Waals surface area contributed by atoms with E-state index in [1.165, 1.54) is 0 Å². The summed E-state index contributed by atoms with van der Waals surface area (Å²) in [5, 5.41) is 7.84. The molecule has 0 aliphatic heterocycles. The second-order valence-electron chi connectivity index (χ2n) is 5.72. The monoisotopic (exact) mass is 342 g/mol. The van der Waals surface area contributed by atoms with Crippen molar-refractivity contribution in [3.05, 3.63) is 50.3 Å². The van der Waals surface area contributed by atoms with Gasteiger partial charge in [-0.1, -0.05) is 23.9 Å². The zero-order valence-electron chi connectivity index (χ0n) is 13.8. The number of hydrogen-bond acceptors (Lipinski definition) is 5. The Balaban J connectivity index is 1.93. The maximum atomic E-state index is 12.4.